The highest BCUT2D eigenvalue weighted by molar-refractivity contribution is 6.00. The molecular weight excluding hydrogens is 240 g/mol. The van der Waals surface area contributed by atoms with Gasteiger partial charge in [0.05, 0.1) is 24.8 Å². The van der Waals surface area contributed by atoms with Gasteiger partial charge in [-0.25, -0.2) is 0 Å². The third kappa shape index (κ3) is 3.07. The quantitative estimate of drug-likeness (QED) is 0.908. The van der Waals surface area contributed by atoms with E-state index >= 15 is 0 Å². The van der Waals surface area contributed by atoms with Gasteiger partial charge in [-0.15, -0.1) is 0 Å². The van der Waals surface area contributed by atoms with Crippen molar-refractivity contribution in [2.75, 3.05) is 31.6 Å². The highest BCUT2D eigenvalue weighted by atomic mass is 16.5. The molecule has 104 valence electrons. The number of carbonyl (C=O) groups is 1. The minimum absolute atomic E-state index is 0.0930. The van der Waals surface area contributed by atoms with Crippen LogP contribution in [0.25, 0.3) is 0 Å². The predicted molar refractivity (Wildman–Crippen MR) is 76.7 cm³/mol. The highest BCUT2D eigenvalue weighted by Gasteiger charge is 2.26. The van der Waals surface area contributed by atoms with Crippen LogP contribution in [-0.2, 0) is 4.74 Å². The second-order valence-electron chi connectivity index (χ2n) is 5.00. The predicted octanol–water partition coefficient (Wildman–Crippen LogP) is 2.29. The molecule has 1 saturated heterocycles. The number of carbonyl (C=O) groups excluding carboxylic acids is 1. The summed E-state index contributed by atoms with van der Waals surface area (Å²) in [6.45, 7) is 8.79. The lowest BCUT2D eigenvalue weighted by Gasteiger charge is -2.33. The first kappa shape index (κ1) is 13.9. The number of aryl methyl sites for hydroxylation is 1. The Kier molecular flexibility index (Phi) is 4.43. The molecule has 0 radical (unpaired) electrons. The van der Waals surface area contributed by atoms with E-state index in [1.165, 1.54) is 0 Å². The molecule has 2 rings (SSSR count). The molecule has 19 heavy (non-hydrogen) atoms. The number of hydrogen-bond donors (Lipinski definition) is 1. The zero-order valence-corrected chi connectivity index (χ0v) is 11.9. The minimum Gasteiger partial charge on any atom is -0.385 e. The van der Waals surface area contributed by atoms with Crippen LogP contribution in [0, 0.1) is 6.92 Å². The first-order chi connectivity index (χ1) is 9.13. The van der Waals surface area contributed by atoms with Gasteiger partial charge in [-0.05, 0) is 32.9 Å². The number of nitrogens with zero attached hydrogens (tertiary/aromatic N) is 1. The van der Waals surface area contributed by atoms with E-state index in [1.54, 1.807) is 0 Å². The Labute approximate surface area is 114 Å². The molecule has 0 saturated carbocycles. The number of rotatable bonds is 3. The molecule has 0 aromatic heterocycles. The monoisotopic (exact) mass is 262 g/mol. The van der Waals surface area contributed by atoms with Crippen molar-refractivity contribution in [1.82, 2.24) is 4.90 Å². The summed E-state index contributed by atoms with van der Waals surface area (Å²) < 4.78 is 5.39. The Morgan fingerprint density at radius 1 is 1.53 bits per heavy atom. The van der Waals surface area contributed by atoms with Gasteiger partial charge in [0.25, 0.3) is 5.91 Å². The van der Waals surface area contributed by atoms with Crippen molar-refractivity contribution in [3.63, 3.8) is 0 Å². The van der Waals surface area contributed by atoms with E-state index in [-0.39, 0.29) is 11.9 Å². The average molecular weight is 262 g/mol. The summed E-state index contributed by atoms with van der Waals surface area (Å²) >= 11 is 0. The van der Waals surface area contributed by atoms with Gasteiger partial charge in [-0.2, -0.15) is 0 Å². The Morgan fingerprint density at radius 2 is 2.32 bits per heavy atom. The highest BCUT2D eigenvalue weighted by Crippen LogP contribution is 2.21. The summed E-state index contributed by atoms with van der Waals surface area (Å²) in [6, 6.07) is 6.10. The molecule has 0 aliphatic carbocycles. The van der Waals surface area contributed by atoms with Crippen LogP contribution >= 0.6 is 0 Å². The second-order valence-corrected chi connectivity index (χ2v) is 5.00. The van der Waals surface area contributed by atoms with Crippen LogP contribution in [0.15, 0.2) is 18.2 Å². The molecule has 1 aromatic carbocycles. The first-order valence-corrected chi connectivity index (χ1v) is 6.86. The van der Waals surface area contributed by atoms with Crippen molar-refractivity contribution in [1.29, 1.82) is 0 Å². The van der Waals surface area contributed by atoms with Gasteiger partial charge in [0.2, 0.25) is 0 Å². The molecule has 1 fully saturated rings. The van der Waals surface area contributed by atoms with Crippen molar-refractivity contribution >= 4 is 11.6 Å². The van der Waals surface area contributed by atoms with Gasteiger partial charge >= 0.3 is 0 Å². The summed E-state index contributed by atoms with van der Waals surface area (Å²) in [5.41, 5.74) is 2.78. The van der Waals surface area contributed by atoms with E-state index in [0.717, 1.165) is 23.4 Å². The lowest BCUT2D eigenvalue weighted by molar-refractivity contribution is 0.00364. The molecule has 0 bridgehead atoms. The maximum atomic E-state index is 12.7. The van der Waals surface area contributed by atoms with Crippen molar-refractivity contribution in [3.05, 3.63) is 29.3 Å². The smallest absolute Gasteiger partial charge is 0.256 e. The fourth-order valence-corrected chi connectivity index (χ4v) is 2.36. The van der Waals surface area contributed by atoms with Crippen LogP contribution in [-0.4, -0.2) is 43.2 Å². The Hall–Kier alpha value is -1.55. The first-order valence-electron chi connectivity index (χ1n) is 6.86. The number of ether oxygens (including phenoxy) is 1. The summed E-state index contributed by atoms with van der Waals surface area (Å²) in [5, 5.41) is 3.26. The van der Waals surface area contributed by atoms with Gasteiger partial charge in [0.15, 0.2) is 0 Å². The maximum Gasteiger partial charge on any atom is 0.256 e. The van der Waals surface area contributed by atoms with Gasteiger partial charge in [-0.3, -0.25) is 4.79 Å². The van der Waals surface area contributed by atoms with E-state index in [2.05, 4.69) is 5.32 Å². The molecule has 1 amide bonds. The zero-order valence-electron chi connectivity index (χ0n) is 11.9. The Morgan fingerprint density at radius 3 is 3.00 bits per heavy atom. The third-order valence-electron chi connectivity index (χ3n) is 3.40. The van der Waals surface area contributed by atoms with E-state index in [0.29, 0.717) is 19.8 Å². The third-order valence-corrected chi connectivity index (χ3v) is 3.40. The van der Waals surface area contributed by atoms with Gasteiger partial charge in [0, 0.05) is 18.8 Å². The standard InChI is InChI=1S/C15H22N2O2/c1-4-16-14-6-5-11(2)9-13(14)15(18)17-7-8-19-10-12(17)3/h5-6,9,12,16H,4,7-8,10H2,1-3H3. The number of hydrogen-bond acceptors (Lipinski definition) is 3. The van der Waals surface area contributed by atoms with Crippen LogP contribution in [0.5, 0.6) is 0 Å². The molecule has 4 nitrogen and oxygen atoms in total. The second kappa shape index (κ2) is 6.06. The largest absolute Gasteiger partial charge is 0.385 e. The van der Waals surface area contributed by atoms with Crippen LogP contribution in [0.3, 0.4) is 0 Å². The fraction of sp³-hybridized carbons (Fsp3) is 0.533. The number of benzene rings is 1. The summed E-state index contributed by atoms with van der Waals surface area (Å²) in [5.74, 6) is 0.0930. The van der Waals surface area contributed by atoms with Crippen LogP contribution in [0.1, 0.15) is 29.8 Å². The van der Waals surface area contributed by atoms with Crippen molar-refractivity contribution in [2.24, 2.45) is 0 Å². The normalized spacial score (nSPS) is 19.3. The molecule has 1 heterocycles. The molecule has 1 aliphatic rings. The molecule has 4 heteroatoms. The number of morpholine rings is 1. The molecule has 0 spiro atoms. The maximum absolute atomic E-state index is 12.7. The number of nitrogens with one attached hydrogen (secondary N) is 1. The number of amides is 1. The van der Waals surface area contributed by atoms with Crippen molar-refractivity contribution < 1.29 is 9.53 Å². The van der Waals surface area contributed by atoms with Crippen LogP contribution < -0.4 is 5.32 Å². The van der Waals surface area contributed by atoms with Crippen molar-refractivity contribution in [2.45, 2.75) is 26.8 Å². The van der Waals surface area contributed by atoms with E-state index in [9.17, 15) is 4.79 Å². The van der Waals surface area contributed by atoms with Gasteiger partial charge in [-0.1, -0.05) is 11.6 Å². The van der Waals surface area contributed by atoms with Gasteiger partial charge < -0.3 is 15.0 Å². The van der Waals surface area contributed by atoms with E-state index in [4.69, 9.17) is 4.74 Å². The molecule has 1 atom stereocenters. The molecule has 1 aliphatic heterocycles. The van der Waals surface area contributed by atoms with Crippen LogP contribution in [0.4, 0.5) is 5.69 Å². The fourth-order valence-electron chi connectivity index (χ4n) is 2.36. The van der Waals surface area contributed by atoms with E-state index < -0.39 is 0 Å². The van der Waals surface area contributed by atoms with E-state index in [1.807, 2.05) is 43.9 Å². The average Bonchev–Trinajstić information content (AvgIpc) is 2.41. The molecule has 1 unspecified atom stereocenters. The lowest BCUT2D eigenvalue weighted by atomic mass is 10.1. The topological polar surface area (TPSA) is 41.6 Å². The Balaban J connectivity index is 2.28. The summed E-state index contributed by atoms with van der Waals surface area (Å²) in [6.07, 6.45) is 0. The zero-order chi connectivity index (χ0) is 13.8. The molecular formula is C15H22N2O2. The summed E-state index contributed by atoms with van der Waals surface area (Å²) in [7, 11) is 0. The summed E-state index contributed by atoms with van der Waals surface area (Å²) in [4.78, 5) is 14.6. The molecule has 1 aromatic rings. The SMILES string of the molecule is CCNc1ccc(C)cc1C(=O)N1CCOCC1C. The molecule has 1 N–H and O–H groups in total. The van der Waals surface area contributed by atoms with Crippen LogP contribution in [0.2, 0.25) is 0 Å². The van der Waals surface area contributed by atoms with Gasteiger partial charge in [0.1, 0.15) is 0 Å². The minimum atomic E-state index is 0.0930. The number of anilines is 1. The lowest BCUT2D eigenvalue weighted by Crippen LogP contribution is -2.47. The Bertz CT molecular complexity index is 459. The van der Waals surface area contributed by atoms with Crippen molar-refractivity contribution in [3.8, 4) is 0 Å².